The van der Waals surface area contributed by atoms with Gasteiger partial charge in [0, 0.05) is 23.2 Å². The van der Waals surface area contributed by atoms with E-state index in [1.54, 1.807) is 18.2 Å². The molecule has 25 heavy (non-hydrogen) atoms. The van der Waals surface area contributed by atoms with Crippen LogP contribution in [0.1, 0.15) is 20.7 Å². The molecule has 3 N–H and O–H groups in total. The summed E-state index contributed by atoms with van der Waals surface area (Å²) in [6.45, 7) is 0.128. The summed E-state index contributed by atoms with van der Waals surface area (Å²) < 4.78 is 5.06. The number of benzene rings is 2. The van der Waals surface area contributed by atoms with Crippen LogP contribution in [-0.4, -0.2) is 30.0 Å². The van der Waals surface area contributed by atoms with Gasteiger partial charge in [-0.2, -0.15) is 0 Å². The summed E-state index contributed by atoms with van der Waals surface area (Å²) in [5.74, 6) is -1.31. The van der Waals surface area contributed by atoms with E-state index in [-0.39, 0.29) is 30.1 Å². The van der Waals surface area contributed by atoms with Gasteiger partial charge in [-0.1, -0.05) is 17.7 Å². The van der Waals surface area contributed by atoms with Crippen LogP contribution in [0.25, 0.3) is 0 Å². The SMILES string of the molecule is NC(=O)c1ccc(NCCOC(=O)c2cccc(Cl)c2)c([N+](=O)[O-])c1. The van der Waals surface area contributed by atoms with Gasteiger partial charge in [0.25, 0.3) is 5.69 Å². The first-order valence-electron chi connectivity index (χ1n) is 7.13. The second-order valence-corrected chi connectivity index (χ2v) is 5.36. The van der Waals surface area contributed by atoms with Crippen LogP contribution < -0.4 is 11.1 Å². The Bertz CT molecular complexity index is 825. The smallest absolute Gasteiger partial charge is 0.338 e. The first-order valence-corrected chi connectivity index (χ1v) is 7.51. The quantitative estimate of drug-likeness (QED) is 0.337. The zero-order valence-electron chi connectivity index (χ0n) is 12.9. The first-order chi connectivity index (χ1) is 11.9. The van der Waals surface area contributed by atoms with E-state index in [4.69, 9.17) is 22.1 Å². The number of nitro benzene ring substituents is 1. The highest BCUT2D eigenvalue weighted by molar-refractivity contribution is 6.30. The third-order valence-corrected chi connectivity index (χ3v) is 3.43. The normalized spacial score (nSPS) is 10.1. The van der Waals surface area contributed by atoms with Crippen molar-refractivity contribution < 1.29 is 19.2 Å². The van der Waals surface area contributed by atoms with Crippen molar-refractivity contribution in [3.05, 3.63) is 68.7 Å². The summed E-state index contributed by atoms with van der Waals surface area (Å²) in [6.07, 6.45) is 0. The third-order valence-electron chi connectivity index (χ3n) is 3.19. The minimum Gasteiger partial charge on any atom is -0.460 e. The Hall–Kier alpha value is -3.13. The summed E-state index contributed by atoms with van der Waals surface area (Å²) in [5, 5.41) is 14.3. The Morgan fingerprint density at radius 2 is 1.96 bits per heavy atom. The predicted octanol–water partition coefficient (Wildman–Crippen LogP) is 2.62. The molecule has 0 aliphatic rings. The van der Waals surface area contributed by atoms with Crippen molar-refractivity contribution in [2.24, 2.45) is 5.73 Å². The fourth-order valence-corrected chi connectivity index (χ4v) is 2.20. The molecule has 0 saturated carbocycles. The monoisotopic (exact) mass is 363 g/mol. The molecular weight excluding hydrogens is 350 g/mol. The number of rotatable bonds is 7. The van der Waals surface area contributed by atoms with Gasteiger partial charge < -0.3 is 15.8 Å². The molecule has 8 nitrogen and oxygen atoms in total. The molecule has 2 aromatic carbocycles. The van der Waals surface area contributed by atoms with E-state index in [1.807, 2.05) is 0 Å². The topological polar surface area (TPSA) is 125 Å². The van der Waals surface area contributed by atoms with Crippen molar-refractivity contribution in [2.75, 3.05) is 18.5 Å². The van der Waals surface area contributed by atoms with Crippen LogP contribution in [-0.2, 0) is 4.74 Å². The molecule has 0 fully saturated rings. The highest BCUT2D eigenvalue weighted by Crippen LogP contribution is 2.25. The van der Waals surface area contributed by atoms with Crippen molar-refractivity contribution in [1.29, 1.82) is 0 Å². The Labute approximate surface area is 147 Å². The number of nitro groups is 1. The highest BCUT2D eigenvalue weighted by atomic mass is 35.5. The van der Waals surface area contributed by atoms with Crippen LogP contribution in [0.3, 0.4) is 0 Å². The number of halogens is 1. The average Bonchev–Trinajstić information content (AvgIpc) is 2.58. The van der Waals surface area contributed by atoms with Gasteiger partial charge in [-0.25, -0.2) is 4.79 Å². The summed E-state index contributed by atoms with van der Waals surface area (Å²) in [4.78, 5) is 33.4. The Morgan fingerprint density at radius 3 is 2.60 bits per heavy atom. The number of nitrogens with one attached hydrogen (secondary N) is 1. The van der Waals surface area contributed by atoms with Crippen LogP contribution in [0.5, 0.6) is 0 Å². The number of nitrogens with two attached hydrogens (primary N) is 1. The molecule has 0 unspecified atom stereocenters. The van der Waals surface area contributed by atoms with E-state index in [1.165, 1.54) is 18.2 Å². The number of carbonyl (C=O) groups excluding carboxylic acids is 2. The van der Waals surface area contributed by atoms with Gasteiger partial charge in [-0.3, -0.25) is 14.9 Å². The minimum atomic E-state index is -0.759. The fraction of sp³-hybridized carbons (Fsp3) is 0.125. The minimum absolute atomic E-state index is 0.0138. The molecule has 2 rings (SSSR count). The molecule has 0 aromatic heterocycles. The van der Waals surface area contributed by atoms with Crippen molar-refractivity contribution in [2.45, 2.75) is 0 Å². The van der Waals surface area contributed by atoms with E-state index in [2.05, 4.69) is 5.32 Å². The van der Waals surface area contributed by atoms with Gasteiger partial charge in [-0.05, 0) is 30.3 Å². The number of ether oxygens (including phenoxy) is 1. The van der Waals surface area contributed by atoms with Crippen molar-refractivity contribution >= 4 is 34.9 Å². The molecular formula is C16H14ClN3O5. The van der Waals surface area contributed by atoms with Gasteiger partial charge >= 0.3 is 5.97 Å². The zero-order chi connectivity index (χ0) is 18.4. The lowest BCUT2D eigenvalue weighted by molar-refractivity contribution is -0.384. The van der Waals surface area contributed by atoms with Crippen LogP contribution in [0.4, 0.5) is 11.4 Å². The van der Waals surface area contributed by atoms with Gasteiger partial charge in [0.15, 0.2) is 0 Å². The largest absolute Gasteiger partial charge is 0.460 e. The molecule has 0 atom stereocenters. The van der Waals surface area contributed by atoms with Gasteiger partial charge in [0.05, 0.1) is 10.5 Å². The molecule has 0 bridgehead atoms. The van der Waals surface area contributed by atoms with Crippen LogP contribution >= 0.6 is 11.6 Å². The molecule has 130 valence electrons. The van der Waals surface area contributed by atoms with Crippen LogP contribution in [0.15, 0.2) is 42.5 Å². The number of carbonyl (C=O) groups is 2. The molecule has 1 amide bonds. The van der Waals surface area contributed by atoms with Crippen molar-refractivity contribution in [3.63, 3.8) is 0 Å². The maximum absolute atomic E-state index is 11.8. The molecule has 0 aliphatic carbocycles. The lowest BCUT2D eigenvalue weighted by Crippen LogP contribution is -2.15. The molecule has 0 radical (unpaired) electrons. The molecule has 0 saturated heterocycles. The maximum atomic E-state index is 11.8. The van der Waals surface area contributed by atoms with Crippen molar-refractivity contribution in [3.8, 4) is 0 Å². The number of hydrogen-bond acceptors (Lipinski definition) is 6. The maximum Gasteiger partial charge on any atom is 0.338 e. The highest BCUT2D eigenvalue weighted by Gasteiger charge is 2.16. The number of amides is 1. The van der Waals surface area contributed by atoms with Gasteiger partial charge in [0.2, 0.25) is 5.91 Å². The summed E-state index contributed by atoms with van der Waals surface area (Å²) in [6, 6.07) is 10.1. The number of anilines is 1. The van der Waals surface area contributed by atoms with E-state index >= 15 is 0 Å². The fourth-order valence-electron chi connectivity index (χ4n) is 2.01. The lowest BCUT2D eigenvalue weighted by atomic mass is 10.1. The number of esters is 1. The molecule has 0 heterocycles. The second-order valence-electron chi connectivity index (χ2n) is 4.93. The van der Waals surface area contributed by atoms with Crippen molar-refractivity contribution in [1.82, 2.24) is 0 Å². The predicted molar refractivity (Wildman–Crippen MR) is 91.8 cm³/mol. The summed E-state index contributed by atoms with van der Waals surface area (Å²) in [7, 11) is 0. The van der Waals surface area contributed by atoms with E-state index < -0.39 is 16.8 Å². The average molecular weight is 364 g/mol. The summed E-state index contributed by atoms with van der Waals surface area (Å²) in [5.41, 5.74) is 5.34. The lowest BCUT2D eigenvalue weighted by Gasteiger charge is -2.09. The van der Waals surface area contributed by atoms with Gasteiger partial charge in [0.1, 0.15) is 12.3 Å². The summed E-state index contributed by atoms with van der Waals surface area (Å²) >= 11 is 5.80. The Morgan fingerprint density at radius 1 is 1.20 bits per heavy atom. The molecule has 9 heteroatoms. The molecule has 2 aromatic rings. The molecule has 0 aliphatic heterocycles. The van der Waals surface area contributed by atoms with Crippen LogP contribution in [0, 0.1) is 10.1 Å². The number of primary amides is 1. The standard InChI is InChI=1S/C16H14ClN3O5/c17-12-3-1-2-11(8-12)16(22)25-7-6-19-13-5-4-10(15(18)21)9-14(13)20(23)24/h1-5,8-9,19H,6-7H2,(H2,18,21). The first kappa shape index (κ1) is 18.2. The Kier molecular flexibility index (Phi) is 5.91. The van der Waals surface area contributed by atoms with E-state index in [0.29, 0.717) is 10.6 Å². The van der Waals surface area contributed by atoms with Crippen LogP contribution in [0.2, 0.25) is 5.02 Å². The van der Waals surface area contributed by atoms with Gasteiger partial charge in [-0.15, -0.1) is 0 Å². The second kappa shape index (κ2) is 8.11. The Balaban J connectivity index is 1.94. The number of hydrogen-bond donors (Lipinski definition) is 2. The third kappa shape index (κ3) is 4.92. The number of nitrogens with zero attached hydrogens (tertiary/aromatic N) is 1. The van der Waals surface area contributed by atoms with E-state index in [0.717, 1.165) is 6.07 Å². The molecule has 0 spiro atoms. The van der Waals surface area contributed by atoms with E-state index in [9.17, 15) is 19.7 Å². The zero-order valence-corrected chi connectivity index (χ0v) is 13.7.